The minimum Gasteiger partial charge on any atom is -0.307 e. The highest BCUT2D eigenvalue weighted by Crippen LogP contribution is 2.09. The Kier molecular flexibility index (Phi) is 2.21. The molecule has 0 aliphatic carbocycles. The van der Waals surface area contributed by atoms with Crippen molar-refractivity contribution in [3.05, 3.63) is 39.4 Å². The van der Waals surface area contributed by atoms with Crippen LogP contribution in [-0.2, 0) is 6.54 Å². The normalized spacial score (nSPS) is 10.6. The van der Waals surface area contributed by atoms with Crippen molar-refractivity contribution in [1.82, 2.24) is 9.55 Å². The van der Waals surface area contributed by atoms with E-state index in [0.29, 0.717) is 11.2 Å². The Labute approximate surface area is 86.0 Å². The zero-order valence-corrected chi connectivity index (χ0v) is 8.60. The lowest BCUT2D eigenvalue weighted by Gasteiger charge is -2.04. The molecule has 1 N–H and O–H groups in total. The summed E-state index contributed by atoms with van der Waals surface area (Å²) in [6.45, 7) is 2.50. The summed E-state index contributed by atoms with van der Waals surface area (Å²) in [7, 11) is 0. The lowest BCUT2D eigenvalue weighted by molar-refractivity contribution is 0.699. The Morgan fingerprint density at radius 3 is 2.86 bits per heavy atom. The SMILES string of the molecule is CCn1c(=O)[nH]c2ccccc2c1=S. The predicted octanol–water partition coefficient (Wildman–Crippen LogP) is 2.08. The first-order chi connectivity index (χ1) is 6.74. The molecule has 0 unspecified atom stereocenters. The van der Waals surface area contributed by atoms with Crippen LogP contribution in [0.15, 0.2) is 29.1 Å². The first kappa shape index (κ1) is 9.15. The topological polar surface area (TPSA) is 37.8 Å². The lowest BCUT2D eigenvalue weighted by Crippen LogP contribution is -2.22. The van der Waals surface area contributed by atoms with Crippen LogP contribution in [0.4, 0.5) is 0 Å². The average Bonchev–Trinajstić information content (AvgIpc) is 2.18. The highest BCUT2D eigenvalue weighted by atomic mass is 32.1. The molecule has 1 aromatic carbocycles. The van der Waals surface area contributed by atoms with E-state index in [9.17, 15) is 4.79 Å². The number of H-pyrrole nitrogens is 1. The van der Waals surface area contributed by atoms with E-state index in [1.54, 1.807) is 4.57 Å². The van der Waals surface area contributed by atoms with Crippen molar-refractivity contribution >= 4 is 23.1 Å². The van der Waals surface area contributed by atoms with Crippen LogP contribution in [0.1, 0.15) is 6.92 Å². The highest BCUT2D eigenvalue weighted by molar-refractivity contribution is 7.71. The van der Waals surface area contributed by atoms with Crippen molar-refractivity contribution in [2.75, 3.05) is 0 Å². The van der Waals surface area contributed by atoms with E-state index in [4.69, 9.17) is 12.2 Å². The maximum Gasteiger partial charge on any atom is 0.326 e. The van der Waals surface area contributed by atoms with Gasteiger partial charge >= 0.3 is 5.69 Å². The molecular formula is C10H10N2OS. The van der Waals surface area contributed by atoms with Gasteiger partial charge in [0, 0.05) is 11.9 Å². The maximum absolute atomic E-state index is 11.5. The molecule has 0 saturated carbocycles. The van der Waals surface area contributed by atoms with Crippen LogP contribution in [0.5, 0.6) is 0 Å². The molecule has 1 aromatic heterocycles. The van der Waals surface area contributed by atoms with Crippen LogP contribution in [0.2, 0.25) is 0 Å². The second kappa shape index (κ2) is 3.38. The molecule has 0 aliphatic heterocycles. The Hall–Kier alpha value is -1.42. The molecule has 0 saturated heterocycles. The number of hydrogen-bond donors (Lipinski definition) is 1. The van der Waals surface area contributed by atoms with Crippen LogP contribution >= 0.6 is 12.2 Å². The first-order valence-electron chi connectivity index (χ1n) is 4.46. The zero-order valence-electron chi connectivity index (χ0n) is 7.78. The quantitative estimate of drug-likeness (QED) is 0.725. The second-order valence-corrected chi connectivity index (χ2v) is 3.41. The Bertz CT molecular complexity index is 582. The molecule has 0 atom stereocenters. The summed E-state index contributed by atoms with van der Waals surface area (Å²) < 4.78 is 2.16. The molecule has 0 amide bonds. The van der Waals surface area contributed by atoms with Crippen molar-refractivity contribution in [1.29, 1.82) is 0 Å². The van der Waals surface area contributed by atoms with Gasteiger partial charge in [0.25, 0.3) is 0 Å². The fourth-order valence-electron chi connectivity index (χ4n) is 1.49. The smallest absolute Gasteiger partial charge is 0.307 e. The van der Waals surface area contributed by atoms with Gasteiger partial charge in [-0.1, -0.05) is 24.4 Å². The number of para-hydroxylation sites is 1. The summed E-state index contributed by atoms with van der Waals surface area (Å²) in [6, 6.07) is 7.56. The molecule has 1 heterocycles. The summed E-state index contributed by atoms with van der Waals surface area (Å²) >= 11 is 5.22. The largest absolute Gasteiger partial charge is 0.326 e. The number of nitrogens with zero attached hydrogens (tertiary/aromatic N) is 1. The summed E-state index contributed by atoms with van der Waals surface area (Å²) in [6.07, 6.45) is 0. The number of hydrogen-bond acceptors (Lipinski definition) is 2. The molecule has 3 nitrogen and oxygen atoms in total. The van der Waals surface area contributed by atoms with Crippen molar-refractivity contribution in [3.63, 3.8) is 0 Å². The van der Waals surface area contributed by atoms with Gasteiger partial charge in [-0.3, -0.25) is 4.57 Å². The molecular weight excluding hydrogens is 196 g/mol. The van der Waals surface area contributed by atoms with E-state index in [0.717, 1.165) is 10.9 Å². The number of aromatic amines is 1. The standard InChI is InChI=1S/C10H10N2OS/c1-2-12-9(14)7-5-3-4-6-8(7)11-10(12)13/h3-6H,2H2,1H3,(H,11,13). The van der Waals surface area contributed by atoms with Crippen molar-refractivity contribution in [3.8, 4) is 0 Å². The van der Waals surface area contributed by atoms with Crippen LogP contribution in [0.3, 0.4) is 0 Å². The van der Waals surface area contributed by atoms with E-state index in [-0.39, 0.29) is 5.69 Å². The number of nitrogens with one attached hydrogen (secondary N) is 1. The number of aromatic nitrogens is 2. The van der Waals surface area contributed by atoms with E-state index >= 15 is 0 Å². The van der Waals surface area contributed by atoms with Crippen LogP contribution < -0.4 is 5.69 Å². The van der Waals surface area contributed by atoms with E-state index in [2.05, 4.69) is 4.98 Å². The molecule has 0 bridgehead atoms. The van der Waals surface area contributed by atoms with Gasteiger partial charge in [0.05, 0.1) is 5.52 Å². The summed E-state index contributed by atoms with van der Waals surface area (Å²) in [4.78, 5) is 14.3. The van der Waals surface area contributed by atoms with Crippen LogP contribution in [0.25, 0.3) is 10.9 Å². The fraction of sp³-hybridized carbons (Fsp3) is 0.200. The average molecular weight is 206 g/mol. The van der Waals surface area contributed by atoms with Gasteiger partial charge in [-0.05, 0) is 19.1 Å². The third-order valence-corrected chi connectivity index (χ3v) is 2.65. The molecule has 72 valence electrons. The number of rotatable bonds is 1. The summed E-state index contributed by atoms with van der Waals surface area (Å²) in [5.74, 6) is 0. The minimum atomic E-state index is -0.142. The zero-order chi connectivity index (χ0) is 10.1. The van der Waals surface area contributed by atoms with Crippen molar-refractivity contribution in [2.24, 2.45) is 0 Å². The number of fused-ring (bicyclic) bond motifs is 1. The monoisotopic (exact) mass is 206 g/mol. The summed E-state index contributed by atoms with van der Waals surface area (Å²) in [5, 5.41) is 0.920. The van der Waals surface area contributed by atoms with Gasteiger partial charge in [-0.2, -0.15) is 0 Å². The van der Waals surface area contributed by atoms with Gasteiger partial charge in [0.2, 0.25) is 0 Å². The molecule has 0 aliphatic rings. The number of benzene rings is 1. The van der Waals surface area contributed by atoms with Crippen LogP contribution in [0, 0.1) is 4.64 Å². The first-order valence-corrected chi connectivity index (χ1v) is 4.86. The van der Waals surface area contributed by atoms with E-state index < -0.39 is 0 Å². The molecule has 4 heteroatoms. The molecule has 0 spiro atoms. The molecule has 2 aromatic rings. The van der Waals surface area contributed by atoms with E-state index in [1.165, 1.54) is 0 Å². The third-order valence-electron chi connectivity index (χ3n) is 2.21. The molecule has 14 heavy (non-hydrogen) atoms. The van der Waals surface area contributed by atoms with Gasteiger partial charge in [-0.15, -0.1) is 0 Å². The van der Waals surface area contributed by atoms with Gasteiger partial charge in [0.15, 0.2) is 0 Å². The Morgan fingerprint density at radius 1 is 1.43 bits per heavy atom. The van der Waals surface area contributed by atoms with Gasteiger partial charge in [-0.25, -0.2) is 4.79 Å². The molecule has 0 radical (unpaired) electrons. The lowest BCUT2D eigenvalue weighted by atomic mass is 10.2. The Morgan fingerprint density at radius 2 is 2.14 bits per heavy atom. The van der Waals surface area contributed by atoms with Crippen LogP contribution in [-0.4, -0.2) is 9.55 Å². The fourth-order valence-corrected chi connectivity index (χ4v) is 1.88. The van der Waals surface area contributed by atoms with Crippen molar-refractivity contribution < 1.29 is 0 Å². The third kappa shape index (κ3) is 1.28. The molecule has 0 fully saturated rings. The Balaban J connectivity index is 3.01. The van der Waals surface area contributed by atoms with E-state index in [1.807, 2.05) is 31.2 Å². The molecule has 2 rings (SSSR count). The van der Waals surface area contributed by atoms with Crippen molar-refractivity contribution in [2.45, 2.75) is 13.5 Å². The maximum atomic E-state index is 11.5. The predicted molar refractivity (Wildman–Crippen MR) is 59.1 cm³/mol. The summed E-state index contributed by atoms with van der Waals surface area (Å²) in [5.41, 5.74) is 0.656. The highest BCUT2D eigenvalue weighted by Gasteiger charge is 2.00. The van der Waals surface area contributed by atoms with Gasteiger partial charge < -0.3 is 4.98 Å². The van der Waals surface area contributed by atoms with Gasteiger partial charge in [0.1, 0.15) is 4.64 Å². The second-order valence-electron chi connectivity index (χ2n) is 3.03. The minimum absolute atomic E-state index is 0.142.